The Labute approximate surface area is 228 Å². The molecule has 0 radical (unpaired) electrons. The van der Waals surface area contributed by atoms with Gasteiger partial charge in [-0.1, -0.05) is 23.2 Å². The van der Waals surface area contributed by atoms with Gasteiger partial charge in [0.2, 0.25) is 0 Å². The molecule has 0 saturated carbocycles. The number of hydrogen-bond acceptors (Lipinski definition) is 7. The van der Waals surface area contributed by atoms with Crippen LogP contribution in [-0.4, -0.2) is 84.6 Å². The standard InChI is InChI=1S/C26H28Cl2F2N2O6/c27-16-1-2-21-15(7-16)10-26(38-21)3-5-31(6-4-26)19-11-32(12-20(19)33)18-9-22(36-13-24(29)30)17(28)8-23(18)37-14-25(34)35/h1-2,7-9,19-20,24,33H,3-6,10-14H2,(H,34,35)/t19?,20-/m1/s1. The van der Waals surface area contributed by atoms with Crippen molar-refractivity contribution in [2.24, 2.45) is 0 Å². The van der Waals surface area contributed by atoms with Gasteiger partial charge in [-0.25, -0.2) is 13.6 Å². The Morgan fingerprint density at radius 3 is 2.61 bits per heavy atom. The predicted molar refractivity (Wildman–Crippen MR) is 137 cm³/mol. The average molecular weight is 573 g/mol. The number of aliphatic carboxylic acids is 1. The highest BCUT2D eigenvalue weighted by molar-refractivity contribution is 6.32. The van der Waals surface area contributed by atoms with Gasteiger partial charge in [-0.2, -0.15) is 0 Å². The number of aliphatic hydroxyl groups excluding tert-OH is 1. The number of aliphatic hydroxyl groups is 1. The summed E-state index contributed by atoms with van der Waals surface area (Å²) in [4.78, 5) is 15.2. The largest absolute Gasteiger partial charge is 0.487 e. The fourth-order valence-corrected chi connectivity index (χ4v) is 5.96. The highest BCUT2D eigenvalue weighted by Crippen LogP contribution is 2.44. The Morgan fingerprint density at radius 1 is 1.13 bits per heavy atom. The van der Waals surface area contributed by atoms with Crippen molar-refractivity contribution in [3.05, 3.63) is 45.9 Å². The van der Waals surface area contributed by atoms with Gasteiger partial charge >= 0.3 is 5.97 Å². The highest BCUT2D eigenvalue weighted by Gasteiger charge is 2.45. The lowest BCUT2D eigenvalue weighted by molar-refractivity contribution is -0.139. The van der Waals surface area contributed by atoms with Crippen LogP contribution in [0.5, 0.6) is 17.2 Å². The van der Waals surface area contributed by atoms with Gasteiger partial charge in [-0.3, -0.25) is 4.90 Å². The summed E-state index contributed by atoms with van der Waals surface area (Å²) in [6, 6.07) is 8.30. The molecule has 0 amide bonds. The molecule has 5 rings (SSSR count). The number of carbonyl (C=O) groups is 1. The number of anilines is 1. The van der Waals surface area contributed by atoms with Crippen molar-refractivity contribution in [2.75, 3.05) is 44.3 Å². The molecule has 2 N–H and O–H groups in total. The van der Waals surface area contributed by atoms with Crippen LogP contribution < -0.4 is 19.1 Å². The molecular formula is C26H28Cl2F2N2O6. The summed E-state index contributed by atoms with van der Waals surface area (Å²) in [5.41, 5.74) is 1.25. The molecule has 3 aliphatic heterocycles. The summed E-state index contributed by atoms with van der Waals surface area (Å²) >= 11 is 12.3. The van der Waals surface area contributed by atoms with E-state index in [0.29, 0.717) is 17.3 Å². The summed E-state index contributed by atoms with van der Waals surface area (Å²) in [5, 5.41) is 20.8. The summed E-state index contributed by atoms with van der Waals surface area (Å²) in [5.74, 6) is -0.106. The van der Waals surface area contributed by atoms with E-state index in [-0.39, 0.29) is 34.7 Å². The lowest BCUT2D eigenvalue weighted by atomic mass is 9.86. The molecule has 0 aromatic heterocycles. The first-order chi connectivity index (χ1) is 18.1. The molecule has 2 fully saturated rings. The second-order valence-electron chi connectivity index (χ2n) is 9.92. The van der Waals surface area contributed by atoms with E-state index in [4.69, 9.17) is 42.5 Å². The molecule has 206 valence electrons. The number of hydrogen-bond donors (Lipinski definition) is 2. The Hall–Kier alpha value is -2.53. The fourth-order valence-electron chi connectivity index (χ4n) is 5.56. The van der Waals surface area contributed by atoms with Crippen molar-refractivity contribution >= 4 is 34.9 Å². The van der Waals surface area contributed by atoms with Crippen LogP contribution >= 0.6 is 23.2 Å². The number of ether oxygens (including phenoxy) is 3. The van der Waals surface area contributed by atoms with Crippen LogP contribution in [0.25, 0.3) is 0 Å². The number of carboxylic acids is 1. The SMILES string of the molecule is O=C(O)COc1cc(Cl)c(OCC(F)F)cc1N1CC(N2CCC3(CC2)Cc2cc(Cl)ccc2O3)[C@H](O)C1. The summed E-state index contributed by atoms with van der Waals surface area (Å²) in [7, 11) is 0. The molecule has 38 heavy (non-hydrogen) atoms. The average Bonchev–Trinajstić information content (AvgIpc) is 3.42. The van der Waals surface area contributed by atoms with E-state index in [1.165, 1.54) is 12.1 Å². The molecule has 8 nitrogen and oxygen atoms in total. The van der Waals surface area contributed by atoms with E-state index in [2.05, 4.69) is 4.90 Å². The van der Waals surface area contributed by atoms with Crippen LogP contribution in [0.1, 0.15) is 18.4 Å². The molecule has 1 unspecified atom stereocenters. The minimum Gasteiger partial charge on any atom is -0.487 e. The maximum Gasteiger partial charge on any atom is 0.341 e. The molecule has 0 aliphatic carbocycles. The van der Waals surface area contributed by atoms with Gasteiger partial charge in [0.25, 0.3) is 6.43 Å². The Morgan fingerprint density at radius 2 is 1.89 bits per heavy atom. The summed E-state index contributed by atoms with van der Waals surface area (Å²) in [6.45, 7) is 0.665. The minimum atomic E-state index is -2.69. The zero-order chi connectivity index (χ0) is 27.0. The van der Waals surface area contributed by atoms with Crippen LogP contribution in [0, 0.1) is 0 Å². The number of piperidine rings is 1. The van der Waals surface area contributed by atoms with E-state index < -0.39 is 31.7 Å². The normalized spacial score (nSPS) is 22.5. The molecule has 3 heterocycles. The number of likely N-dealkylation sites (tertiary alicyclic amines) is 1. The third kappa shape index (κ3) is 5.73. The molecular weight excluding hydrogens is 545 g/mol. The molecule has 2 saturated heterocycles. The number of carboxylic acid groups (broad SMARTS) is 1. The monoisotopic (exact) mass is 572 g/mol. The Kier molecular flexibility index (Phi) is 7.77. The molecule has 3 aliphatic rings. The lowest BCUT2D eigenvalue weighted by Crippen LogP contribution is -2.53. The summed E-state index contributed by atoms with van der Waals surface area (Å²) in [6.07, 6.45) is -0.999. The molecule has 0 bridgehead atoms. The highest BCUT2D eigenvalue weighted by atomic mass is 35.5. The third-order valence-corrected chi connectivity index (χ3v) is 7.90. The molecule has 2 aromatic rings. The predicted octanol–water partition coefficient (Wildman–Crippen LogP) is 4.12. The van der Waals surface area contributed by atoms with E-state index >= 15 is 0 Å². The van der Waals surface area contributed by atoms with Crippen LogP contribution in [0.3, 0.4) is 0 Å². The van der Waals surface area contributed by atoms with Crippen molar-refractivity contribution < 1.29 is 38.0 Å². The van der Waals surface area contributed by atoms with Gasteiger partial charge < -0.3 is 29.3 Å². The molecule has 2 aromatic carbocycles. The van der Waals surface area contributed by atoms with Gasteiger partial charge in [0, 0.05) is 62.6 Å². The van der Waals surface area contributed by atoms with Gasteiger partial charge in [0.1, 0.15) is 29.5 Å². The first-order valence-electron chi connectivity index (χ1n) is 12.4. The Balaban J connectivity index is 1.29. The zero-order valence-corrected chi connectivity index (χ0v) is 21.9. The van der Waals surface area contributed by atoms with Crippen molar-refractivity contribution in [1.82, 2.24) is 4.90 Å². The van der Waals surface area contributed by atoms with Gasteiger partial charge in [-0.05, 0) is 23.8 Å². The van der Waals surface area contributed by atoms with Crippen molar-refractivity contribution in [3.8, 4) is 17.2 Å². The maximum absolute atomic E-state index is 12.7. The van der Waals surface area contributed by atoms with Crippen molar-refractivity contribution in [2.45, 2.75) is 43.4 Å². The maximum atomic E-state index is 12.7. The lowest BCUT2D eigenvalue weighted by Gasteiger charge is -2.41. The number of fused-ring (bicyclic) bond motifs is 1. The van der Waals surface area contributed by atoms with Gasteiger partial charge in [0.15, 0.2) is 6.61 Å². The van der Waals surface area contributed by atoms with Crippen LogP contribution in [0.15, 0.2) is 30.3 Å². The smallest absolute Gasteiger partial charge is 0.341 e. The molecule has 1 spiro atoms. The topological polar surface area (TPSA) is 91.7 Å². The molecule has 12 heteroatoms. The number of rotatable bonds is 8. The number of benzene rings is 2. The number of nitrogens with zero attached hydrogens (tertiary/aromatic N) is 2. The van der Waals surface area contributed by atoms with Gasteiger partial charge in [0.05, 0.1) is 22.9 Å². The zero-order valence-electron chi connectivity index (χ0n) is 20.4. The second-order valence-corrected chi connectivity index (χ2v) is 10.8. The van der Waals surface area contributed by atoms with Crippen molar-refractivity contribution in [3.63, 3.8) is 0 Å². The van der Waals surface area contributed by atoms with Crippen LogP contribution in [0.2, 0.25) is 10.0 Å². The second kappa shape index (κ2) is 10.9. The van der Waals surface area contributed by atoms with Crippen LogP contribution in [-0.2, 0) is 11.2 Å². The third-order valence-electron chi connectivity index (χ3n) is 7.37. The van der Waals surface area contributed by atoms with E-state index in [1.807, 2.05) is 23.1 Å². The summed E-state index contributed by atoms with van der Waals surface area (Å²) < 4.78 is 42.4. The first-order valence-corrected chi connectivity index (χ1v) is 13.1. The van der Waals surface area contributed by atoms with Crippen molar-refractivity contribution in [1.29, 1.82) is 0 Å². The van der Waals surface area contributed by atoms with E-state index in [0.717, 1.165) is 43.7 Å². The quantitative estimate of drug-likeness (QED) is 0.488. The first kappa shape index (κ1) is 27.1. The van der Waals surface area contributed by atoms with Crippen LogP contribution in [0.4, 0.5) is 14.5 Å². The number of β-amino-alcohol motifs (C(OH)–C–C–N with tert-alkyl or cyclic N) is 1. The van der Waals surface area contributed by atoms with E-state index in [1.54, 1.807) is 0 Å². The van der Waals surface area contributed by atoms with E-state index in [9.17, 15) is 18.7 Å². The Bertz CT molecular complexity index is 1190. The number of halogens is 4. The minimum absolute atomic E-state index is 0.0197. The molecule has 2 atom stereocenters. The van der Waals surface area contributed by atoms with Gasteiger partial charge in [-0.15, -0.1) is 0 Å². The fraction of sp³-hybridized carbons (Fsp3) is 0.500. The number of alkyl halides is 2.